The van der Waals surface area contributed by atoms with Gasteiger partial charge in [-0.2, -0.15) is 0 Å². The molecule has 1 aromatic rings. The third kappa shape index (κ3) is 2.06. The molecule has 2 aliphatic rings. The number of rotatable bonds is 2. The van der Waals surface area contributed by atoms with Crippen LogP contribution in [0.2, 0.25) is 5.02 Å². The van der Waals surface area contributed by atoms with Crippen LogP contribution in [0.3, 0.4) is 0 Å². The molecule has 2 bridgehead atoms. The smallest absolute Gasteiger partial charge is 0.255 e. The number of amides is 1. The molecule has 5 heteroatoms. The Morgan fingerprint density at radius 1 is 1.44 bits per heavy atom. The monoisotopic (exact) mass is 267 g/mol. The van der Waals surface area contributed by atoms with E-state index in [9.17, 15) is 9.90 Å². The van der Waals surface area contributed by atoms with Gasteiger partial charge in [0.1, 0.15) is 5.75 Å². The lowest BCUT2D eigenvalue weighted by molar-refractivity contribution is 0.0839. The Kier molecular flexibility index (Phi) is 2.92. The molecule has 0 spiro atoms. The van der Waals surface area contributed by atoms with Crippen LogP contribution in [0.4, 0.5) is 0 Å². The van der Waals surface area contributed by atoms with Gasteiger partial charge in [-0.3, -0.25) is 4.79 Å². The zero-order chi connectivity index (χ0) is 12.7. The highest BCUT2D eigenvalue weighted by Crippen LogP contribution is 2.34. The van der Waals surface area contributed by atoms with Crippen molar-refractivity contribution in [3.05, 3.63) is 28.8 Å². The third-order valence-corrected chi connectivity index (χ3v) is 3.86. The summed E-state index contributed by atoms with van der Waals surface area (Å²) in [5, 5.41) is 13.0. The maximum atomic E-state index is 12.1. The summed E-state index contributed by atoms with van der Waals surface area (Å²) >= 11 is 5.82. The number of nitrogens with one attached hydrogen (secondary N) is 1. The number of carbonyl (C=O) groups excluding carboxylic acids is 1. The van der Waals surface area contributed by atoms with E-state index in [0.29, 0.717) is 5.02 Å². The maximum Gasteiger partial charge on any atom is 0.255 e. The van der Waals surface area contributed by atoms with Crippen molar-refractivity contribution in [2.24, 2.45) is 0 Å². The molecule has 2 N–H and O–H groups in total. The summed E-state index contributed by atoms with van der Waals surface area (Å²) in [6.07, 6.45) is 3.35. The summed E-state index contributed by atoms with van der Waals surface area (Å²) in [6, 6.07) is 4.50. The standard InChI is InChI=1S/C13H14ClNO3/c14-7-1-3-11(16)9(5-7)13(17)15-10-6-8-2-4-12(10)18-8/h1,3,5,8,10,12,16H,2,4,6H2,(H,15,17). The van der Waals surface area contributed by atoms with Crippen LogP contribution in [-0.2, 0) is 4.74 Å². The summed E-state index contributed by atoms with van der Waals surface area (Å²) in [5.74, 6) is -0.350. The van der Waals surface area contributed by atoms with Crippen LogP contribution >= 0.6 is 11.6 Å². The van der Waals surface area contributed by atoms with E-state index in [1.807, 2.05) is 0 Å². The van der Waals surface area contributed by atoms with Gasteiger partial charge in [-0.1, -0.05) is 11.6 Å². The van der Waals surface area contributed by atoms with Crippen LogP contribution in [0, 0.1) is 0 Å². The van der Waals surface area contributed by atoms with Gasteiger partial charge in [-0.15, -0.1) is 0 Å². The number of hydrogen-bond donors (Lipinski definition) is 2. The van der Waals surface area contributed by atoms with Crippen molar-refractivity contribution in [1.82, 2.24) is 5.32 Å². The molecule has 2 heterocycles. The van der Waals surface area contributed by atoms with Crippen LogP contribution in [0.15, 0.2) is 18.2 Å². The Hall–Kier alpha value is -1.26. The van der Waals surface area contributed by atoms with Gasteiger partial charge in [-0.25, -0.2) is 0 Å². The number of ether oxygens (including phenoxy) is 1. The average molecular weight is 268 g/mol. The number of hydrogen-bond acceptors (Lipinski definition) is 3. The number of phenols is 1. The van der Waals surface area contributed by atoms with E-state index in [-0.39, 0.29) is 35.5 Å². The first kappa shape index (κ1) is 11.8. The Balaban J connectivity index is 1.73. The van der Waals surface area contributed by atoms with Gasteiger partial charge in [0.05, 0.1) is 23.8 Å². The average Bonchev–Trinajstić information content (AvgIpc) is 2.94. The lowest BCUT2D eigenvalue weighted by Crippen LogP contribution is -2.41. The molecule has 0 aliphatic carbocycles. The number of fused-ring (bicyclic) bond motifs is 2. The molecule has 3 rings (SSSR count). The third-order valence-electron chi connectivity index (χ3n) is 3.63. The van der Waals surface area contributed by atoms with E-state index in [4.69, 9.17) is 16.3 Å². The van der Waals surface area contributed by atoms with Gasteiger partial charge < -0.3 is 15.2 Å². The van der Waals surface area contributed by atoms with E-state index in [2.05, 4.69) is 5.32 Å². The van der Waals surface area contributed by atoms with Gasteiger partial charge in [-0.05, 0) is 37.5 Å². The second kappa shape index (κ2) is 4.44. The van der Waals surface area contributed by atoms with Crippen molar-refractivity contribution < 1.29 is 14.6 Å². The lowest BCUT2D eigenvalue weighted by Gasteiger charge is -2.20. The van der Waals surface area contributed by atoms with Crippen LogP contribution in [-0.4, -0.2) is 29.3 Å². The fraction of sp³-hybridized carbons (Fsp3) is 0.462. The van der Waals surface area contributed by atoms with Gasteiger partial charge in [0.25, 0.3) is 5.91 Å². The number of benzene rings is 1. The fourth-order valence-corrected chi connectivity index (χ4v) is 2.90. The molecular formula is C13H14ClNO3. The van der Waals surface area contributed by atoms with Gasteiger partial charge in [0.15, 0.2) is 0 Å². The van der Waals surface area contributed by atoms with E-state index in [1.165, 1.54) is 12.1 Å². The molecule has 96 valence electrons. The largest absolute Gasteiger partial charge is 0.507 e. The molecule has 4 nitrogen and oxygen atoms in total. The van der Waals surface area contributed by atoms with Crippen molar-refractivity contribution in [2.45, 2.75) is 37.5 Å². The maximum absolute atomic E-state index is 12.1. The lowest BCUT2D eigenvalue weighted by atomic mass is 9.95. The van der Waals surface area contributed by atoms with Crippen molar-refractivity contribution in [1.29, 1.82) is 0 Å². The molecule has 0 radical (unpaired) electrons. The second-order valence-corrected chi connectivity index (χ2v) is 5.29. The van der Waals surface area contributed by atoms with E-state index in [1.54, 1.807) is 6.07 Å². The minimum Gasteiger partial charge on any atom is -0.507 e. The molecule has 0 saturated carbocycles. The Morgan fingerprint density at radius 2 is 2.28 bits per heavy atom. The number of halogens is 1. The SMILES string of the molecule is O=C(NC1CC2CCC1O2)c1cc(Cl)ccc1O. The predicted molar refractivity (Wildman–Crippen MR) is 66.9 cm³/mol. The molecule has 3 unspecified atom stereocenters. The zero-order valence-corrected chi connectivity index (χ0v) is 10.5. The quantitative estimate of drug-likeness (QED) is 0.863. The summed E-state index contributed by atoms with van der Waals surface area (Å²) in [5.41, 5.74) is 0.213. The summed E-state index contributed by atoms with van der Waals surface area (Å²) in [6.45, 7) is 0. The van der Waals surface area contributed by atoms with Gasteiger partial charge >= 0.3 is 0 Å². The molecule has 18 heavy (non-hydrogen) atoms. The molecule has 2 saturated heterocycles. The molecule has 2 fully saturated rings. The van der Waals surface area contributed by atoms with Crippen molar-refractivity contribution in [3.63, 3.8) is 0 Å². The normalized spacial score (nSPS) is 29.5. The second-order valence-electron chi connectivity index (χ2n) is 4.85. The van der Waals surface area contributed by atoms with Crippen LogP contribution in [0.1, 0.15) is 29.6 Å². The number of aromatic hydroxyl groups is 1. The first-order valence-corrected chi connectivity index (χ1v) is 6.46. The highest BCUT2D eigenvalue weighted by molar-refractivity contribution is 6.31. The van der Waals surface area contributed by atoms with E-state index < -0.39 is 0 Å². The highest BCUT2D eigenvalue weighted by Gasteiger charge is 2.41. The topological polar surface area (TPSA) is 58.6 Å². The Bertz CT molecular complexity index is 491. The molecule has 3 atom stereocenters. The van der Waals surface area contributed by atoms with Gasteiger partial charge in [0.2, 0.25) is 0 Å². The molecule has 0 aromatic heterocycles. The van der Waals surface area contributed by atoms with Crippen molar-refractivity contribution in [3.8, 4) is 5.75 Å². The first-order chi connectivity index (χ1) is 8.63. The minimum atomic E-state index is -0.295. The van der Waals surface area contributed by atoms with Crippen LogP contribution < -0.4 is 5.32 Å². The molecular weight excluding hydrogens is 254 g/mol. The predicted octanol–water partition coefficient (Wildman–Crippen LogP) is 2.10. The Labute approximate surface area is 110 Å². The summed E-state index contributed by atoms with van der Waals surface area (Å²) in [4.78, 5) is 12.1. The molecule has 1 aromatic carbocycles. The summed E-state index contributed by atoms with van der Waals surface area (Å²) < 4.78 is 5.67. The van der Waals surface area contributed by atoms with Gasteiger partial charge in [0, 0.05) is 5.02 Å². The fourth-order valence-electron chi connectivity index (χ4n) is 2.73. The number of carbonyl (C=O) groups is 1. The van der Waals surface area contributed by atoms with Crippen molar-refractivity contribution >= 4 is 17.5 Å². The Morgan fingerprint density at radius 3 is 2.94 bits per heavy atom. The van der Waals surface area contributed by atoms with E-state index in [0.717, 1.165) is 19.3 Å². The summed E-state index contributed by atoms with van der Waals surface area (Å²) in [7, 11) is 0. The van der Waals surface area contributed by atoms with E-state index >= 15 is 0 Å². The van der Waals surface area contributed by atoms with Crippen LogP contribution in [0.25, 0.3) is 0 Å². The molecule has 1 amide bonds. The van der Waals surface area contributed by atoms with Crippen LogP contribution in [0.5, 0.6) is 5.75 Å². The molecule has 2 aliphatic heterocycles. The zero-order valence-electron chi connectivity index (χ0n) is 9.73. The first-order valence-electron chi connectivity index (χ1n) is 6.08. The van der Waals surface area contributed by atoms with Crippen molar-refractivity contribution in [2.75, 3.05) is 0 Å². The minimum absolute atomic E-state index is 0.0506. The number of phenolic OH excluding ortho intramolecular Hbond substituents is 1. The highest BCUT2D eigenvalue weighted by atomic mass is 35.5.